The Bertz CT molecular complexity index is 559. The number of halogens is 1. The fraction of sp³-hybridized carbons (Fsp3) is 0.364. The molecule has 2 aromatic heterocycles. The van der Waals surface area contributed by atoms with Crippen LogP contribution in [0.15, 0.2) is 29.4 Å². The second-order valence-corrected chi connectivity index (χ2v) is 4.17. The minimum Gasteiger partial charge on any atom is -0.370 e. The summed E-state index contributed by atoms with van der Waals surface area (Å²) in [5.41, 5.74) is 6.58. The van der Waals surface area contributed by atoms with Crippen molar-refractivity contribution >= 4 is 35.6 Å². The maximum absolute atomic E-state index is 5.76. The Labute approximate surface area is 122 Å². The molecule has 1 aliphatic carbocycles. The number of nitrogens with zero attached hydrogens (tertiary/aromatic N) is 4. The van der Waals surface area contributed by atoms with Gasteiger partial charge in [-0.25, -0.2) is 4.99 Å². The third-order valence-corrected chi connectivity index (χ3v) is 2.70. The van der Waals surface area contributed by atoms with Crippen molar-refractivity contribution in [1.29, 1.82) is 0 Å². The van der Waals surface area contributed by atoms with E-state index < -0.39 is 0 Å². The molecule has 0 unspecified atom stereocenters. The average Bonchev–Trinajstić information content (AvgIpc) is 3.06. The minimum atomic E-state index is 0. The summed E-state index contributed by atoms with van der Waals surface area (Å²) in [7, 11) is 0. The molecule has 1 aliphatic rings. The molecular weight excluding hydrogens is 343 g/mol. The Kier molecular flexibility index (Phi) is 4.00. The Morgan fingerprint density at radius 2 is 2.28 bits per heavy atom. The summed E-state index contributed by atoms with van der Waals surface area (Å²) in [6, 6.07) is 6.30. The maximum Gasteiger partial charge on any atom is 0.189 e. The third kappa shape index (κ3) is 2.89. The number of guanidine groups is 1. The van der Waals surface area contributed by atoms with E-state index in [1.165, 1.54) is 12.8 Å². The molecule has 0 saturated heterocycles. The van der Waals surface area contributed by atoms with Gasteiger partial charge in [-0.3, -0.25) is 4.40 Å². The van der Waals surface area contributed by atoms with Gasteiger partial charge in [0.05, 0.1) is 0 Å². The largest absolute Gasteiger partial charge is 0.370 e. The van der Waals surface area contributed by atoms with E-state index in [9.17, 15) is 0 Å². The summed E-state index contributed by atoms with van der Waals surface area (Å²) in [5, 5.41) is 11.3. The van der Waals surface area contributed by atoms with Crippen LogP contribution in [-0.2, 0) is 6.54 Å². The van der Waals surface area contributed by atoms with E-state index in [1.807, 2.05) is 28.8 Å². The number of nitrogens with one attached hydrogen (secondary N) is 1. The summed E-state index contributed by atoms with van der Waals surface area (Å²) in [6.45, 7) is 0.441. The van der Waals surface area contributed by atoms with Crippen LogP contribution in [0.3, 0.4) is 0 Å². The van der Waals surface area contributed by atoms with E-state index in [-0.39, 0.29) is 24.0 Å². The lowest BCUT2D eigenvalue weighted by Crippen LogP contribution is -2.33. The van der Waals surface area contributed by atoms with Gasteiger partial charge in [0.1, 0.15) is 6.54 Å². The van der Waals surface area contributed by atoms with Crippen LogP contribution >= 0.6 is 24.0 Å². The van der Waals surface area contributed by atoms with E-state index in [1.54, 1.807) is 0 Å². The number of nitrogens with two attached hydrogens (primary N) is 1. The second-order valence-electron chi connectivity index (χ2n) is 4.17. The van der Waals surface area contributed by atoms with Gasteiger partial charge in [-0.05, 0) is 25.0 Å². The molecule has 0 atom stereocenters. The first-order valence-electron chi connectivity index (χ1n) is 5.68. The molecule has 0 amide bonds. The molecule has 7 heteroatoms. The minimum absolute atomic E-state index is 0. The monoisotopic (exact) mass is 358 g/mol. The zero-order chi connectivity index (χ0) is 11.7. The Morgan fingerprint density at radius 3 is 3.06 bits per heavy atom. The normalized spacial score (nSPS) is 15.4. The lowest BCUT2D eigenvalue weighted by molar-refractivity contribution is 0.844. The predicted molar refractivity (Wildman–Crippen MR) is 79.9 cm³/mol. The van der Waals surface area contributed by atoms with Crippen LogP contribution < -0.4 is 11.1 Å². The SMILES string of the molecule is I.NC(=NCc1nnc2ccccn12)NC1CC1. The lowest BCUT2D eigenvalue weighted by Gasteiger charge is -2.02. The fourth-order valence-corrected chi connectivity index (χ4v) is 1.64. The predicted octanol–water partition coefficient (Wildman–Crippen LogP) is 0.914. The van der Waals surface area contributed by atoms with Crippen LogP contribution in [0.1, 0.15) is 18.7 Å². The zero-order valence-corrected chi connectivity index (χ0v) is 12.1. The van der Waals surface area contributed by atoms with Crippen LogP contribution in [0.25, 0.3) is 5.65 Å². The number of pyridine rings is 1. The molecule has 0 aromatic carbocycles. The van der Waals surface area contributed by atoms with Gasteiger partial charge in [0.15, 0.2) is 17.4 Å². The van der Waals surface area contributed by atoms with Gasteiger partial charge in [-0.15, -0.1) is 34.2 Å². The molecule has 3 rings (SSSR count). The van der Waals surface area contributed by atoms with Crippen molar-refractivity contribution in [1.82, 2.24) is 19.9 Å². The number of fused-ring (bicyclic) bond motifs is 1. The summed E-state index contributed by atoms with van der Waals surface area (Å²) in [6.07, 6.45) is 4.29. The highest BCUT2D eigenvalue weighted by atomic mass is 127. The first-order valence-corrected chi connectivity index (χ1v) is 5.68. The van der Waals surface area contributed by atoms with E-state index in [4.69, 9.17) is 5.73 Å². The number of aromatic nitrogens is 3. The highest BCUT2D eigenvalue weighted by Crippen LogP contribution is 2.18. The Morgan fingerprint density at radius 1 is 1.44 bits per heavy atom. The quantitative estimate of drug-likeness (QED) is 0.486. The number of hydrogen-bond acceptors (Lipinski definition) is 3. The molecule has 18 heavy (non-hydrogen) atoms. The fourth-order valence-electron chi connectivity index (χ4n) is 1.64. The molecule has 1 saturated carbocycles. The maximum atomic E-state index is 5.76. The van der Waals surface area contributed by atoms with E-state index in [0.717, 1.165) is 11.5 Å². The van der Waals surface area contributed by atoms with Gasteiger partial charge in [0, 0.05) is 12.2 Å². The van der Waals surface area contributed by atoms with Crippen LogP contribution in [0.5, 0.6) is 0 Å². The zero-order valence-electron chi connectivity index (χ0n) is 9.78. The summed E-state index contributed by atoms with van der Waals surface area (Å²) >= 11 is 0. The smallest absolute Gasteiger partial charge is 0.189 e. The van der Waals surface area contributed by atoms with Crippen molar-refractivity contribution in [3.05, 3.63) is 30.2 Å². The second kappa shape index (κ2) is 5.51. The molecule has 3 N–H and O–H groups in total. The van der Waals surface area contributed by atoms with Crippen molar-refractivity contribution < 1.29 is 0 Å². The van der Waals surface area contributed by atoms with Crippen molar-refractivity contribution in [2.45, 2.75) is 25.4 Å². The van der Waals surface area contributed by atoms with Crippen LogP contribution in [0.2, 0.25) is 0 Å². The van der Waals surface area contributed by atoms with Gasteiger partial charge in [0.25, 0.3) is 0 Å². The van der Waals surface area contributed by atoms with Crippen molar-refractivity contribution in [3.8, 4) is 0 Å². The number of hydrogen-bond donors (Lipinski definition) is 2. The van der Waals surface area contributed by atoms with Crippen molar-refractivity contribution in [2.24, 2.45) is 10.7 Å². The highest BCUT2D eigenvalue weighted by molar-refractivity contribution is 14.0. The number of rotatable bonds is 3. The van der Waals surface area contributed by atoms with Crippen molar-refractivity contribution in [2.75, 3.05) is 0 Å². The standard InChI is InChI=1S/C11H14N6.HI/c12-11(14-8-4-5-8)13-7-10-16-15-9-3-1-2-6-17(9)10;/h1-3,6,8H,4-5,7H2,(H3,12,13,14);1H. The van der Waals surface area contributed by atoms with Crippen LogP contribution in [0, 0.1) is 0 Å². The van der Waals surface area contributed by atoms with E-state index in [2.05, 4.69) is 20.5 Å². The first-order chi connectivity index (χ1) is 8.33. The molecular formula is C11H15IN6. The highest BCUT2D eigenvalue weighted by Gasteiger charge is 2.21. The molecule has 1 fully saturated rings. The molecule has 2 aromatic rings. The van der Waals surface area contributed by atoms with Gasteiger partial charge in [-0.1, -0.05) is 6.07 Å². The molecule has 0 spiro atoms. The molecule has 96 valence electrons. The average molecular weight is 358 g/mol. The third-order valence-electron chi connectivity index (χ3n) is 2.70. The summed E-state index contributed by atoms with van der Waals surface area (Å²) in [4.78, 5) is 4.26. The number of aliphatic imine (C=N–C) groups is 1. The van der Waals surface area contributed by atoms with Gasteiger partial charge < -0.3 is 11.1 Å². The molecule has 0 aliphatic heterocycles. The van der Waals surface area contributed by atoms with Crippen LogP contribution in [0.4, 0.5) is 0 Å². The van der Waals surface area contributed by atoms with Crippen LogP contribution in [-0.4, -0.2) is 26.6 Å². The molecule has 0 bridgehead atoms. The topological polar surface area (TPSA) is 80.6 Å². The van der Waals surface area contributed by atoms with Gasteiger partial charge >= 0.3 is 0 Å². The van der Waals surface area contributed by atoms with Crippen molar-refractivity contribution in [3.63, 3.8) is 0 Å². The molecule has 6 nitrogen and oxygen atoms in total. The van der Waals surface area contributed by atoms with Gasteiger partial charge in [-0.2, -0.15) is 0 Å². The van der Waals surface area contributed by atoms with E-state index in [0.29, 0.717) is 18.5 Å². The Balaban J connectivity index is 0.00000120. The molecule has 2 heterocycles. The summed E-state index contributed by atoms with van der Waals surface area (Å²) < 4.78 is 1.91. The first kappa shape index (κ1) is 13.1. The summed E-state index contributed by atoms with van der Waals surface area (Å²) in [5.74, 6) is 1.28. The van der Waals surface area contributed by atoms with E-state index >= 15 is 0 Å². The van der Waals surface area contributed by atoms with Gasteiger partial charge in [0.2, 0.25) is 0 Å². The molecule has 0 radical (unpaired) electrons. The Hall–Kier alpha value is -1.38. The lowest BCUT2D eigenvalue weighted by atomic mass is 10.4.